The quantitative estimate of drug-likeness (QED) is 0.816. The Labute approximate surface area is 96.6 Å². The van der Waals surface area contributed by atoms with Crippen LogP contribution < -0.4 is 16.6 Å². The summed E-state index contributed by atoms with van der Waals surface area (Å²) in [6, 6.07) is 0. The van der Waals surface area contributed by atoms with Gasteiger partial charge in [-0.2, -0.15) is 0 Å². The van der Waals surface area contributed by atoms with Gasteiger partial charge in [0.15, 0.2) is 5.65 Å². The maximum Gasteiger partial charge on any atom is 0.332 e. The van der Waals surface area contributed by atoms with Crippen molar-refractivity contribution in [3.8, 4) is 0 Å². The van der Waals surface area contributed by atoms with E-state index in [1.807, 2.05) is 6.92 Å². The van der Waals surface area contributed by atoms with Crippen molar-refractivity contribution in [3.63, 3.8) is 0 Å². The van der Waals surface area contributed by atoms with Gasteiger partial charge in [0.05, 0.1) is 0 Å². The van der Waals surface area contributed by atoms with Gasteiger partial charge in [-0.05, 0) is 6.42 Å². The Balaban J connectivity index is 2.77. The SMILES string of the molecule is CCCNc1onc2c1c(=O)n(C)c(=O)n2C. The second-order valence-electron chi connectivity index (χ2n) is 3.84. The van der Waals surface area contributed by atoms with E-state index in [4.69, 9.17) is 4.52 Å². The van der Waals surface area contributed by atoms with Gasteiger partial charge in [0.1, 0.15) is 5.39 Å². The minimum absolute atomic E-state index is 0.261. The zero-order valence-electron chi connectivity index (χ0n) is 9.98. The van der Waals surface area contributed by atoms with Crippen LogP contribution in [-0.2, 0) is 14.1 Å². The molecule has 0 aliphatic carbocycles. The summed E-state index contributed by atoms with van der Waals surface area (Å²) >= 11 is 0. The molecule has 2 rings (SSSR count). The number of aromatic nitrogens is 3. The molecule has 0 spiro atoms. The Morgan fingerprint density at radius 2 is 2.00 bits per heavy atom. The summed E-state index contributed by atoms with van der Waals surface area (Å²) in [6.45, 7) is 2.68. The number of nitrogens with one attached hydrogen (secondary N) is 1. The molecular weight excluding hydrogens is 224 g/mol. The van der Waals surface area contributed by atoms with E-state index in [1.165, 1.54) is 11.6 Å². The van der Waals surface area contributed by atoms with Gasteiger partial charge in [0, 0.05) is 20.6 Å². The summed E-state index contributed by atoms with van der Waals surface area (Å²) in [4.78, 5) is 23.6. The number of anilines is 1. The highest BCUT2D eigenvalue weighted by Gasteiger charge is 2.17. The Morgan fingerprint density at radius 3 is 2.65 bits per heavy atom. The van der Waals surface area contributed by atoms with Gasteiger partial charge in [0.25, 0.3) is 5.56 Å². The first kappa shape index (κ1) is 11.4. The fraction of sp³-hybridized carbons (Fsp3) is 0.500. The molecule has 0 aliphatic rings. The molecule has 0 saturated heterocycles. The van der Waals surface area contributed by atoms with Crippen LogP contribution in [0.4, 0.5) is 5.88 Å². The third kappa shape index (κ3) is 1.63. The lowest BCUT2D eigenvalue weighted by molar-refractivity contribution is 0.436. The van der Waals surface area contributed by atoms with E-state index in [1.54, 1.807) is 7.05 Å². The zero-order valence-corrected chi connectivity index (χ0v) is 9.98. The first-order valence-corrected chi connectivity index (χ1v) is 5.37. The Hall–Kier alpha value is -2.05. The second-order valence-corrected chi connectivity index (χ2v) is 3.84. The minimum Gasteiger partial charge on any atom is -0.353 e. The van der Waals surface area contributed by atoms with Crippen LogP contribution in [0.2, 0.25) is 0 Å². The van der Waals surface area contributed by atoms with Crippen LogP contribution in [0.3, 0.4) is 0 Å². The molecule has 2 aromatic rings. The largest absolute Gasteiger partial charge is 0.353 e. The predicted octanol–water partition coefficient (Wildman–Crippen LogP) is 0.0471. The number of hydrogen-bond acceptors (Lipinski definition) is 5. The fourth-order valence-corrected chi connectivity index (χ4v) is 1.63. The molecular formula is C10H14N4O3. The molecule has 0 atom stereocenters. The molecule has 0 aliphatic heterocycles. The van der Waals surface area contributed by atoms with Gasteiger partial charge in [-0.25, -0.2) is 4.79 Å². The third-order valence-electron chi connectivity index (χ3n) is 2.62. The lowest BCUT2D eigenvalue weighted by Gasteiger charge is -2.02. The van der Waals surface area contributed by atoms with E-state index in [9.17, 15) is 9.59 Å². The fourth-order valence-electron chi connectivity index (χ4n) is 1.63. The minimum atomic E-state index is -0.419. The van der Waals surface area contributed by atoms with Crippen LogP contribution in [0.1, 0.15) is 13.3 Å². The van der Waals surface area contributed by atoms with E-state index in [-0.39, 0.29) is 5.65 Å². The number of hydrogen-bond donors (Lipinski definition) is 1. The van der Waals surface area contributed by atoms with Crippen molar-refractivity contribution in [2.75, 3.05) is 11.9 Å². The molecule has 2 aromatic heterocycles. The smallest absolute Gasteiger partial charge is 0.332 e. The molecule has 0 bridgehead atoms. The first-order valence-electron chi connectivity index (χ1n) is 5.37. The van der Waals surface area contributed by atoms with Crippen molar-refractivity contribution in [1.82, 2.24) is 14.3 Å². The van der Waals surface area contributed by atoms with E-state index in [0.717, 1.165) is 11.0 Å². The van der Waals surface area contributed by atoms with Gasteiger partial charge in [0.2, 0.25) is 5.88 Å². The highest BCUT2D eigenvalue weighted by atomic mass is 16.5. The van der Waals surface area contributed by atoms with E-state index in [2.05, 4.69) is 10.5 Å². The summed E-state index contributed by atoms with van der Waals surface area (Å²) in [5.41, 5.74) is -0.558. The van der Waals surface area contributed by atoms with Crippen LogP contribution in [0, 0.1) is 0 Å². The van der Waals surface area contributed by atoms with Crippen molar-refractivity contribution in [2.45, 2.75) is 13.3 Å². The molecule has 17 heavy (non-hydrogen) atoms. The van der Waals surface area contributed by atoms with E-state index < -0.39 is 11.2 Å². The number of fused-ring (bicyclic) bond motifs is 1. The molecule has 0 radical (unpaired) electrons. The molecule has 0 fully saturated rings. The van der Waals surface area contributed by atoms with Crippen molar-refractivity contribution in [1.29, 1.82) is 0 Å². The lowest BCUT2D eigenvalue weighted by atomic mass is 10.3. The summed E-state index contributed by atoms with van der Waals surface area (Å²) in [6.07, 6.45) is 0.897. The van der Waals surface area contributed by atoms with Crippen molar-refractivity contribution < 1.29 is 4.52 Å². The van der Waals surface area contributed by atoms with Gasteiger partial charge in [-0.15, -0.1) is 0 Å². The Bertz CT molecular complexity index is 664. The van der Waals surface area contributed by atoms with Gasteiger partial charge >= 0.3 is 5.69 Å². The summed E-state index contributed by atoms with van der Waals surface area (Å²) in [7, 11) is 2.98. The van der Waals surface area contributed by atoms with Crippen molar-refractivity contribution >= 4 is 16.9 Å². The molecule has 1 N–H and O–H groups in total. The van der Waals surface area contributed by atoms with Crippen molar-refractivity contribution in [2.24, 2.45) is 14.1 Å². The molecule has 7 heteroatoms. The van der Waals surface area contributed by atoms with E-state index in [0.29, 0.717) is 17.8 Å². The number of aryl methyl sites for hydroxylation is 1. The van der Waals surface area contributed by atoms with Gasteiger partial charge < -0.3 is 9.84 Å². The van der Waals surface area contributed by atoms with Gasteiger partial charge in [-0.3, -0.25) is 13.9 Å². The van der Waals surface area contributed by atoms with Crippen LogP contribution in [0.5, 0.6) is 0 Å². The molecule has 0 amide bonds. The average molecular weight is 238 g/mol. The summed E-state index contributed by atoms with van der Waals surface area (Å²) < 4.78 is 7.38. The second kappa shape index (κ2) is 4.08. The molecule has 0 saturated carbocycles. The standard InChI is InChI=1S/C10H14N4O3/c1-4-5-11-8-6-7(12-17-8)13(2)10(16)14(3)9(6)15/h11H,4-5H2,1-3H3. The molecule has 0 unspecified atom stereocenters. The lowest BCUT2D eigenvalue weighted by Crippen LogP contribution is -2.36. The highest BCUT2D eigenvalue weighted by molar-refractivity contribution is 5.84. The third-order valence-corrected chi connectivity index (χ3v) is 2.62. The monoisotopic (exact) mass is 238 g/mol. The molecule has 7 nitrogen and oxygen atoms in total. The number of nitrogens with zero attached hydrogens (tertiary/aromatic N) is 3. The molecule has 92 valence electrons. The Morgan fingerprint density at radius 1 is 1.29 bits per heavy atom. The zero-order chi connectivity index (χ0) is 12.6. The topological polar surface area (TPSA) is 82.1 Å². The van der Waals surface area contributed by atoms with Crippen LogP contribution >= 0.6 is 0 Å². The molecule has 2 heterocycles. The normalized spacial score (nSPS) is 11.0. The molecule has 0 aromatic carbocycles. The van der Waals surface area contributed by atoms with Crippen LogP contribution in [0.25, 0.3) is 11.0 Å². The predicted molar refractivity (Wildman–Crippen MR) is 63.3 cm³/mol. The van der Waals surface area contributed by atoms with Crippen LogP contribution in [0.15, 0.2) is 14.1 Å². The van der Waals surface area contributed by atoms with Crippen LogP contribution in [-0.4, -0.2) is 20.8 Å². The van der Waals surface area contributed by atoms with E-state index >= 15 is 0 Å². The number of rotatable bonds is 3. The summed E-state index contributed by atoms with van der Waals surface area (Å²) in [5, 5.41) is 7.03. The first-order chi connectivity index (χ1) is 8.07. The highest BCUT2D eigenvalue weighted by Crippen LogP contribution is 2.17. The van der Waals surface area contributed by atoms with Gasteiger partial charge in [-0.1, -0.05) is 12.1 Å². The van der Waals surface area contributed by atoms with Crippen molar-refractivity contribution in [3.05, 3.63) is 20.8 Å². The maximum absolute atomic E-state index is 12.0. The summed E-state index contributed by atoms with van der Waals surface area (Å²) in [5.74, 6) is 0.318. The Kier molecular flexibility index (Phi) is 2.74. The maximum atomic E-state index is 12.0. The average Bonchev–Trinajstić information content (AvgIpc) is 2.75.